The van der Waals surface area contributed by atoms with Gasteiger partial charge in [-0.25, -0.2) is 0 Å². The summed E-state index contributed by atoms with van der Waals surface area (Å²) in [6, 6.07) is 6.55. The Morgan fingerprint density at radius 3 is 2.32 bits per heavy atom. The summed E-state index contributed by atoms with van der Waals surface area (Å²) < 4.78 is 1.13. The second kappa shape index (κ2) is 6.27. The Kier molecular flexibility index (Phi) is 4.91. The molecule has 1 aromatic rings. The Labute approximate surface area is 125 Å². The molecule has 3 heteroatoms. The molecule has 0 amide bonds. The fourth-order valence-corrected chi connectivity index (χ4v) is 3.66. The third-order valence-corrected chi connectivity index (χ3v) is 5.33. The van der Waals surface area contributed by atoms with Gasteiger partial charge in [-0.1, -0.05) is 42.6 Å². The Morgan fingerprint density at radius 1 is 1.16 bits per heavy atom. The van der Waals surface area contributed by atoms with Crippen LogP contribution in [0.15, 0.2) is 22.7 Å². The van der Waals surface area contributed by atoms with Crippen molar-refractivity contribution >= 4 is 21.6 Å². The van der Waals surface area contributed by atoms with Crippen molar-refractivity contribution in [2.45, 2.75) is 46.1 Å². The lowest BCUT2D eigenvalue weighted by molar-refractivity contribution is 0.199. The molecule has 0 aromatic heterocycles. The minimum atomic E-state index is 0.583. The molecule has 0 saturated carbocycles. The Balaban J connectivity index is 2.11. The van der Waals surface area contributed by atoms with Crippen molar-refractivity contribution in [3.63, 3.8) is 0 Å². The lowest BCUT2D eigenvalue weighted by Gasteiger charge is -2.42. The summed E-state index contributed by atoms with van der Waals surface area (Å²) in [4.78, 5) is 2.51. The standard InChI is InChI=1S/C16H25BrN2/c1-3-16(4-2)5-7-19(8-6-16)15-10-13(12-18)9-14(17)11-15/h9-11H,3-8,12,18H2,1-2H3. The average Bonchev–Trinajstić information content (AvgIpc) is 2.46. The number of anilines is 1. The van der Waals surface area contributed by atoms with Gasteiger partial charge in [-0.15, -0.1) is 0 Å². The summed E-state index contributed by atoms with van der Waals surface area (Å²) in [5.41, 5.74) is 8.86. The molecule has 1 saturated heterocycles. The predicted molar refractivity (Wildman–Crippen MR) is 86.5 cm³/mol. The maximum Gasteiger partial charge on any atom is 0.0380 e. The van der Waals surface area contributed by atoms with E-state index in [0.29, 0.717) is 12.0 Å². The molecule has 1 aliphatic rings. The van der Waals surface area contributed by atoms with Crippen molar-refractivity contribution in [1.82, 2.24) is 0 Å². The number of nitrogens with two attached hydrogens (primary N) is 1. The molecular formula is C16H25BrN2. The summed E-state index contributed by atoms with van der Waals surface area (Å²) in [5.74, 6) is 0. The molecule has 0 spiro atoms. The quantitative estimate of drug-likeness (QED) is 0.893. The van der Waals surface area contributed by atoms with Gasteiger partial charge in [-0.3, -0.25) is 0 Å². The molecule has 0 unspecified atom stereocenters. The number of hydrogen-bond donors (Lipinski definition) is 1. The van der Waals surface area contributed by atoms with E-state index in [0.717, 1.165) is 4.47 Å². The minimum Gasteiger partial charge on any atom is -0.371 e. The fourth-order valence-electron chi connectivity index (χ4n) is 3.13. The zero-order valence-corrected chi connectivity index (χ0v) is 13.7. The van der Waals surface area contributed by atoms with E-state index in [2.05, 4.69) is 52.9 Å². The van der Waals surface area contributed by atoms with E-state index in [4.69, 9.17) is 5.73 Å². The van der Waals surface area contributed by atoms with Gasteiger partial charge in [0.2, 0.25) is 0 Å². The second-order valence-electron chi connectivity index (χ2n) is 5.72. The molecule has 2 nitrogen and oxygen atoms in total. The molecule has 0 radical (unpaired) electrons. The highest BCUT2D eigenvalue weighted by Gasteiger charge is 2.31. The van der Waals surface area contributed by atoms with Crippen LogP contribution in [0.3, 0.4) is 0 Å². The van der Waals surface area contributed by atoms with Crippen LogP contribution in [-0.4, -0.2) is 13.1 Å². The van der Waals surface area contributed by atoms with Gasteiger partial charge in [-0.05, 0) is 42.0 Å². The SMILES string of the molecule is CCC1(CC)CCN(c2cc(Br)cc(CN)c2)CC1. The van der Waals surface area contributed by atoms with Crippen molar-refractivity contribution in [2.75, 3.05) is 18.0 Å². The summed E-state index contributed by atoms with van der Waals surface area (Å²) in [6.45, 7) is 7.62. The van der Waals surface area contributed by atoms with Crippen molar-refractivity contribution < 1.29 is 0 Å². The predicted octanol–water partition coefficient (Wildman–Crippen LogP) is 4.31. The van der Waals surface area contributed by atoms with E-state index < -0.39 is 0 Å². The van der Waals surface area contributed by atoms with Crippen LogP contribution in [-0.2, 0) is 6.54 Å². The van der Waals surface area contributed by atoms with Crippen LogP contribution in [0.25, 0.3) is 0 Å². The molecule has 0 aliphatic carbocycles. The molecule has 1 aromatic carbocycles. The van der Waals surface area contributed by atoms with Crippen LogP contribution in [0.1, 0.15) is 45.1 Å². The monoisotopic (exact) mass is 324 g/mol. The lowest BCUT2D eigenvalue weighted by Crippen LogP contribution is -2.39. The summed E-state index contributed by atoms with van der Waals surface area (Å²) in [7, 11) is 0. The Morgan fingerprint density at radius 2 is 1.79 bits per heavy atom. The van der Waals surface area contributed by atoms with Gasteiger partial charge in [0.05, 0.1) is 0 Å². The number of nitrogens with zero attached hydrogens (tertiary/aromatic N) is 1. The Hall–Kier alpha value is -0.540. The number of rotatable bonds is 4. The maximum absolute atomic E-state index is 5.76. The molecule has 0 atom stereocenters. The van der Waals surface area contributed by atoms with Gasteiger partial charge in [0.25, 0.3) is 0 Å². The van der Waals surface area contributed by atoms with Gasteiger partial charge in [-0.2, -0.15) is 0 Å². The molecule has 19 heavy (non-hydrogen) atoms. The van der Waals surface area contributed by atoms with Gasteiger partial charge in [0, 0.05) is 29.8 Å². The maximum atomic E-state index is 5.76. The van der Waals surface area contributed by atoms with E-state index in [1.54, 1.807) is 0 Å². The van der Waals surface area contributed by atoms with Crippen molar-refractivity contribution in [1.29, 1.82) is 0 Å². The van der Waals surface area contributed by atoms with Crippen LogP contribution in [0.5, 0.6) is 0 Å². The minimum absolute atomic E-state index is 0.583. The first-order chi connectivity index (χ1) is 9.12. The zero-order chi connectivity index (χ0) is 13.9. The van der Waals surface area contributed by atoms with Crippen molar-refractivity contribution in [3.05, 3.63) is 28.2 Å². The normalized spacial score (nSPS) is 18.6. The fraction of sp³-hybridized carbons (Fsp3) is 0.625. The molecule has 106 valence electrons. The van der Waals surface area contributed by atoms with Crippen LogP contribution in [0, 0.1) is 5.41 Å². The summed E-state index contributed by atoms with van der Waals surface area (Å²) in [5, 5.41) is 0. The number of hydrogen-bond acceptors (Lipinski definition) is 2. The third kappa shape index (κ3) is 3.32. The third-order valence-electron chi connectivity index (χ3n) is 4.87. The van der Waals surface area contributed by atoms with E-state index in [1.165, 1.54) is 50.0 Å². The molecule has 1 aliphatic heterocycles. The van der Waals surface area contributed by atoms with Gasteiger partial charge < -0.3 is 10.6 Å². The highest BCUT2D eigenvalue weighted by molar-refractivity contribution is 9.10. The van der Waals surface area contributed by atoms with E-state index >= 15 is 0 Å². The highest BCUT2D eigenvalue weighted by Crippen LogP contribution is 2.39. The largest absolute Gasteiger partial charge is 0.371 e. The lowest BCUT2D eigenvalue weighted by atomic mass is 9.74. The number of piperidine rings is 1. The van der Waals surface area contributed by atoms with E-state index in [1.807, 2.05) is 0 Å². The molecule has 0 bridgehead atoms. The Bertz CT molecular complexity index is 417. The molecule has 1 heterocycles. The van der Waals surface area contributed by atoms with Crippen molar-refractivity contribution in [3.8, 4) is 0 Å². The number of halogens is 1. The first kappa shape index (κ1) is 14.9. The first-order valence-electron chi connectivity index (χ1n) is 7.37. The highest BCUT2D eigenvalue weighted by atomic mass is 79.9. The van der Waals surface area contributed by atoms with Crippen molar-refractivity contribution in [2.24, 2.45) is 11.1 Å². The molecule has 2 N–H and O–H groups in total. The van der Waals surface area contributed by atoms with Crippen LogP contribution >= 0.6 is 15.9 Å². The molecular weight excluding hydrogens is 300 g/mol. The average molecular weight is 325 g/mol. The topological polar surface area (TPSA) is 29.3 Å². The van der Waals surface area contributed by atoms with E-state index in [9.17, 15) is 0 Å². The molecule has 1 fully saturated rings. The van der Waals surface area contributed by atoms with Crippen LogP contribution in [0.2, 0.25) is 0 Å². The van der Waals surface area contributed by atoms with Crippen LogP contribution in [0.4, 0.5) is 5.69 Å². The van der Waals surface area contributed by atoms with Gasteiger partial charge in [0.1, 0.15) is 0 Å². The van der Waals surface area contributed by atoms with Gasteiger partial charge in [0.15, 0.2) is 0 Å². The summed E-state index contributed by atoms with van der Waals surface area (Å²) >= 11 is 3.59. The molecule has 2 rings (SSSR count). The smallest absolute Gasteiger partial charge is 0.0380 e. The summed E-state index contributed by atoms with van der Waals surface area (Å²) in [6.07, 6.45) is 5.24. The van der Waals surface area contributed by atoms with Gasteiger partial charge >= 0.3 is 0 Å². The van der Waals surface area contributed by atoms with E-state index in [-0.39, 0.29) is 0 Å². The number of benzene rings is 1. The first-order valence-corrected chi connectivity index (χ1v) is 8.16. The zero-order valence-electron chi connectivity index (χ0n) is 12.1. The second-order valence-corrected chi connectivity index (χ2v) is 6.63. The van der Waals surface area contributed by atoms with Crippen LogP contribution < -0.4 is 10.6 Å².